The van der Waals surface area contributed by atoms with Crippen molar-refractivity contribution in [3.8, 4) is 0 Å². The van der Waals surface area contributed by atoms with Gasteiger partial charge >= 0.3 is 11.9 Å². The summed E-state index contributed by atoms with van der Waals surface area (Å²) in [4.78, 5) is 44.5. The van der Waals surface area contributed by atoms with Crippen molar-refractivity contribution in [1.82, 2.24) is 24.5 Å². The number of carboxylic acids is 2. The molecule has 0 aliphatic carbocycles. The zero-order valence-electron chi connectivity index (χ0n) is 23.0. The molecule has 12 nitrogen and oxygen atoms in total. The average molecular weight is 537 g/mol. The fourth-order valence-electron chi connectivity index (χ4n) is 4.61. The summed E-state index contributed by atoms with van der Waals surface area (Å²) in [6, 6.07) is 6.18. The van der Waals surface area contributed by atoms with Gasteiger partial charge in [0.1, 0.15) is 0 Å². The van der Waals surface area contributed by atoms with Gasteiger partial charge in [0.15, 0.2) is 0 Å². The smallest absolute Gasteiger partial charge is 0.317 e. The first-order valence-corrected chi connectivity index (χ1v) is 13.2. The van der Waals surface area contributed by atoms with Crippen LogP contribution < -0.4 is 0 Å². The molecule has 2 rings (SSSR count). The van der Waals surface area contributed by atoms with Gasteiger partial charge in [-0.1, -0.05) is 12.1 Å². The molecule has 1 fully saturated rings. The number of likely N-dealkylation sites (N-methyl/N-ethyl adjacent to an activating group) is 3. The fraction of sp³-hybridized carbons (Fsp3) is 0.692. The van der Waals surface area contributed by atoms with E-state index in [2.05, 4.69) is 40.7 Å². The molecule has 1 unspecified atom stereocenters. The Bertz CT molecular complexity index is 851. The number of benzene rings is 1. The van der Waals surface area contributed by atoms with E-state index >= 15 is 0 Å². The number of nitro benzene ring substituents is 1. The highest BCUT2D eigenvalue weighted by Gasteiger charge is 2.26. The number of rotatable bonds is 12. The molecule has 0 aromatic heterocycles. The van der Waals surface area contributed by atoms with Gasteiger partial charge in [0.2, 0.25) is 0 Å². The molecule has 0 radical (unpaired) electrons. The highest BCUT2D eigenvalue weighted by molar-refractivity contribution is 5.72. The summed E-state index contributed by atoms with van der Waals surface area (Å²) in [5, 5.41) is 29.9. The van der Waals surface area contributed by atoms with E-state index in [4.69, 9.17) is 0 Å². The van der Waals surface area contributed by atoms with Crippen LogP contribution in [0.4, 0.5) is 5.69 Å². The molecule has 0 amide bonds. The molecule has 214 valence electrons. The molecule has 1 aromatic rings. The third kappa shape index (κ3) is 12.3. The van der Waals surface area contributed by atoms with E-state index < -0.39 is 16.9 Å². The Morgan fingerprint density at radius 3 is 1.74 bits per heavy atom. The summed E-state index contributed by atoms with van der Waals surface area (Å²) in [6.07, 6.45) is 1.99. The minimum absolute atomic E-state index is 0.0394. The largest absolute Gasteiger partial charge is 0.480 e. The molecule has 1 saturated heterocycles. The Kier molecular flexibility index (Phi) is 13.6. The molecular formula is C26H44N6O6. The van der Waals surface area contributed by atoms with Crippen molar-refractivity contribution >= 4 is 17.6 Å². The van der Waals surface area contributed by atoms with Crippen LogP contribution in [-0.4, -0.2) is 151 Å². The van der Waals surface area contributed by atoms with Crippen LogP contribution in [0.2, 0.25) is 0 Å². The summed E-state index contributed by atoms with van der Waals surface area (Å²) in [7, 11) is 6.35. The van der Waals surface area contributed by atoms with Crippen molar-refractivity contribution in [3.63, 3.8) is 0 Å². The number of aryl methyl sites for hydroxylation is 1. The standard InChI is InChI=1S/C26H44N6O6/c1-27-11-13-28(2)15-17-30(18-16-29(3)14-12-27)19-24(31(20-25(33)34)21-26(35)36)6-4-5-22-7-9-23(10-8-22)32(37)38/h7-10,24H,4-6,11-21H2,1-3H3,(H,33,34)(H,35,36). The summed E-state index contributed by atoms with van der Waals surface area (Å²) in [6.45, 7) is 7.12. The number of carboxylic acid groups (broad SMARTS) is 2. The Hall–Kier alpha value is -2.64. The minimum Gasteiger partial charge on any atom is -0.480 e. The van der Waals surface area contributed by atoms with Crippen LogP contribution >= 0.6 is 0 Å². The molecule has 0 bridgehead atoms. The first-order valence-electron chi connectivity index (χ1n) is 13.2. The van der Waals surface area contributed by atoms with Gasteiger partial charge in [0.05, 0.1) is 18.0 Å². The molecule has 1 aromatic carbocycles. The van der Waals surface area contributed by atoms with Crippen LogP contribution in [0, 0.1) is 10.1 Å². The molecular weight excluding hydrogens is 492 g/mol. The van der Waals surface area contributed by atoms with Gasteiger partial charge in [-0.25, -0.2) is 0 Å². The zero-order valence-corrected chi connectivity index (χ0v) is 23.0. The lowest BCUT2D eigenvalue weighted by molar-refractivity contribution is -0.384. The molecule has 1 atom stereocenters. The van der Waals surface area contributed by atoms with Gasteiger partial charge < -0.3 is 24.9 Å². The van der Waals surface area contributed by atoms with Crippen molar-refractivity contribution in [2.45, 2.75) is 25.3 Å². The summed E-state index contributed by atoms with van der Waals surface area (Å²) in [5.41, 5.74) is 0.995. The maximum absolute atomic E-state index is 11.6. The molecule has 1 aliphatic rings. The Morgan fingerprint density at radius 2 is 1.32 bits per heavy atom. The maximum Gasteiger partial charge on any atom is 0.317 e. The van der Waals surface area contributed by atoms with E-state index in [0.29, 0.717) is 25.8 Å². The third-order valence-electron chi connectivity index (χ3n) is 7.13. The van der Waals surface area contributed by atoms with Crippen LogP contribution in [0.1, 0.15) is 18.4 Å². The highest BCUT2D eigenvalue weighted by Crippen LogP contribution is 2.16. The molecule has 1 aliphatic heterocycles. The van der Waals surface area contributed by atoms with Gasteiger partial charge in [-0.05, 0) is 46.0 Å². The molecule has 0 spiro atoms. The quantitative estimate of drug-likeness (QED) is 0.291. The summed E-state index contributed by atoms with van der Waals surface area (Å²) >= 11 is 0. The fourth-order valence-corrected chi connectivity index (χ4v) is 4.61. The molecule has 1 heterocycles. The van der Waals surface area contributed by atoms with Gasteiger partial charge in [0.25, 0.3) is 5.69 Å². The van der Waals surface area contributed by atoms with Crippen molar-refractivity contribution in [2.75, 3.05) is 93.1 Å². The first kappa shape index (κ1) is 31.6. The van der Waals surface area contributed by atoms with E-state index in [-0.39, 0.29) is 24.8 Å². The van der Waals surface area contributed by atoms with Crippen molar-refractivity contribution in [3.05, 3.63) is 39.9 Å². The number of nitrogens with zero attached hydrogens (tertiary/aromatic N) is 6. The number of non-ortho nitro benzene ring substituents is 1. The SMILES string of the molecule is CN1CCN(C)CCN(CC(CCCc2ccc([N+](=O)[O-])cc2)N(CC(=O)O)CC(=O)O)CCN(C)CC1. The average Bonchev–Trinajstić information content (AvgIpc) is 2.85. The highest BCUT2D eigenvalue weighted by atomic mass is 16.6. The van der Waals surface area contributed by atoms with Crippen molar-refractivity contribution in [1.29, 1.82) is 0 Å². The molecule has 12 heteroatoms. The van der Waals surface area contributed by atoms with Crippen LogP contribution in [0.3, 0.4) is 0 Å². The van der Waals surface area contributed by atoms with E-state index in [1.54, 1.807) is 17.0 Å². The van der Waals surface area contributed by atoms with Gasteiger partial charge in [0, 0.05) is 77.1 Å². The summed E-state index contributed by atoms with van der Waals surface area (Å²) < 4.78 is 0. The second kappa shape index (κ2) is 16.4. The number of hydrogen-bond donors (Lipinski definition) is 2. The molecule has 2 N–H and O–H groups in total. The Morgan fingerprint density at radius 1 is 0.868 bits per heavy atom. The van der Waals surface area contributed by atoms with Crippen molar-refractivity contribution in [2.24, 2.45) is 0 Å². The van der Waals surface area contributed by atoms with E-state index in [9.17, 15) is 29.9 Å². The lowest BCUT2D eigenvalue weighted by atomic mass is 10.0. The van der Waals surface area contributed by atoms with Crippen LogP contribution in [0.5, 0.6) is 0 Å². The lowest BCUT2D eigenvalue weighted by Gasteiger charge is -2.36. The van der Waals surface area contributed by atoms with Gasteiger partial charge in [-0.15, -0.1) is 0 Å². The van der Waals surface area contributed by atoms with Crippen molar-refractivity contribution < 1.29 is 24.7 Å². The number of hydrogen-bond acceptors (Lipinski definition) is 9. The van der Waals surface area contributed by atoms with E-state index in [1.165, 1.54) is 12.1 Å². The Balaban J connectivity index is 2.14. The topological polar surface area (TPSA) is 134 Å². The number of carbonyl (C=O) groups is 2. The van der Waals surface area contributed by atoms with Crippen LogP contribution in [0.15, 0.2) is 24.3 Å². The van der Waals surface area contributed by atoms with E-state index in [0.717, 1.165) is 57.9 Å². The second-order valence-electron chi connectivity index (χ2n) is 10.4. The minimum atomic E-state index is -1.05. The van der Waals surface area contributed by atoms with Crippen LogP contribution in [-0.2, 0) is 16.0 Å². The predicted molar refractivity (Wildman–Crippen MR) is 146 cm³/mol. The normalized spacial score (nSPS) is 18.5. The first-order chi connectivity index (χ1) is 18.0. The monoisotopic (exact) mass is 536 g/mol. The van der Waals surface area contributed by atoms with Gasteiger partial charge in [-0.3, -0.25) is 29.5 Å². The third-order valence-corrected chi connectivity index (χ3v) is 7.13. The Labute approximate surface area is 225 Å². The summed E-state index contributed by atoms with van der Waals surface area (Å²) in [5.74, 6) is -2.10. The second-order valence-corrected chi connectivity index (χ2v) is 10.4. The lowest BCUT2D eigenvalue weighted by Crippen LogP contribution is -2.51. The predicted octanol–water partition coefficient (Wildman–Crippen LogP) is 0.868. The molecule has 0 saturated carbocycles. The zero-order chi connectivity index (χ0) is 28.1. The van der Waals surface area contributed by atoms with E-state index in [1.807, 2.05) is 0 Å². The maximum atomic E-state index is 11.6. The van der Waals surface area contributed by atoms with Crippen LogP contribution in [0.25, 0.3) is 0 Å². The number of aliphatic carboxylic acids is 2. The number of nitro groups is 1. The molecule has 38 heavy (non-hydrogen) atoms. The van der Waals surface area contributed by atoms with Gasteiger partial charge in [-0.2, -0.15) is 0 Å².